The van der Waals surface area contributed by atoms with Gasteiger partial charge in [-0.1, -0.05) is 33.1 Å². The molecule has 2 atom stereocenters. The number of carbonyl (C=O) groups is 1. The summed E-state index contributed by atoms with van der Waals surface area (Å²) in [6, 6.07) is 0.161. The summed E-state index contributed by atoms with van der Waals surface area (Å²) in [4.78, 5) is 14.0. The third-order valence-corrected chi connectivity index (χ3v) is 5.84. The van der Waals surface area contributed by atoms with E-state index in [0.29, 0.717) is 6.04 Å². The van der Waals surface area contributed by atoms with Crippen molar-refractivity contribution in [2.75, 3.05) is 18.1 Å². The molecule has 0 aromatic heterocycles. The Balaban J connectivity index is 2.17. The van der Waals surface area contributed by atoms with Gasteiger partial charge in [0.15, 0.2) is 0 Å². The predicted octanol–water partition coefficient (Wildman–Crippen LogP) is 3.24. The van der Waals surface area contributed by atoms with Crippen molar-refractivity contribution in [1.29, 1.82) is 0 Å². The molecule has 19 heavy (non-hydrogen) atoms. The third kappa shape index (κ3) is 3.66. The molecule has 2 saturated heterocycles. The van der Waals surface area contributed by atoms with Gasteiger partial charge in [0.25, 0.3) is 0 Å². The van der Waals surface area contributed by atoms with E-state index in [1.54, 1.807) is 0 Å². The number of carboxylic acids is 1. The number of carboxylic acid groups (broad SMARTS) is 1. The summed E-state index contributed by atoms with van der Waals surface area (Å²) in [5.74, 6) is 1.69. The van der Waals surface area contributed by atoms with Crippen LogP contribution in [0.4, 0.5) is 0 Å². The highest BCUT2D eigenvalue weighted by Gasteiger charge is 2.41. The number of rotatable bonds is 2. The lowest BCUT2D eigenvalue weighted by Crippen LogP contribution is -2.56. The highest BCUT2D eigenvalue weighted by molar-refractivity contribution is 7.99. The smallest absolute Gasteiger partial charge is 0.320 e. The van der Waals surface area contributed by atoms with Crippen molar-refractivity contribution < 1.29 is 9.90 Å². The van der Waals surface area contributed by atoms with Crippen LogP contribution in [0.3, 0.4) is 0 Å². The Morgan fingerprint density at radius 2 is 2.00 bits per heavy atom. The van der Waals surface area contributed by atoms with Gasteiger partial charge in [0, 0.05) is 11.8 Å². The van der Waals surface area contributed by atoms with Crippen molar-refractivity contribution in [3.05, 3.63) is 0 Å². The molecule has 4 heteroatoms. The topological polar surface area (TPSA) is 40.5 Å². The fraction of sp³-hybridized carbons (Fsp3) is 0.933. The van der Waals surface area contributed by atoms with E-state index in [2.05, 4.69) is 18.7 Å². The third-order valence-electron chi connectivity index (χ3n) is 4.80. The van der Waals surface area contributed by atoms with E-state index in [1.807, 2.05) is 11.8 Å². The van der Waals surface area contributed by atoms with Gasteiger partial charge in [-0.25, -0.2) is 0 Å². The Hall–Kier alpha value is -0.220. The van der Waals surface area contributed by atoms with E-state index in [9.17, 15) is 9.90 Å². The first-order valence-corrected chi connectivity index (χ1v) is 8.74. The number of hydrogen-bond acceptors (Lipinski definition) is 3. The Morgan fingerprint density at radius 3 is 2.68 bits per heavy atom. The molecule has 0 aromatic rings. The Morgan fingerprint density at radius 1 is 1.26 bits per heavy atom. The van der Waals surface area contributed by atoms with E-state index in [1.165, 1.54) is 25.0 Å². The zero-order chi connectivity index (χ0) is 13.9. The minimum atomic E-state index is -0.617. The van der Waals surface area contributed by atoms with Crippen LogP contribution in [0, 0.1) is 5.41 Å². The highest BCUT2D eigenvalue weighted by Crippen LogP contribution is 2.39. The van der Waals surface area contributed by atoms with Crippen molar-refractivity contribution >= 4 is 17.7 Å². The Kier molecular flexibility index (Phi) is 5.18. The molecule has 2 heterocycles. The average Bonchev–Trinajstić information content (AvgIpc) is 2.29. The molecule has 0 aliphatic carbocycles. The maximum Gasteiger partial charge on any atom is 0.320 e. The van der Waals surface area contributed by atoms with Crippen LogP contribution in [0.25, 0.3) is 0 Å². The first-order valence-electron chi connectivity index (χ1n) is 7.59. The van der Waals surface area contributed by atoms with Crippen LogP contribution in [0.2, 0.25) is 0 Å². The zero-order valence-electron chi connectivity index (χ0n) is 12.2. The molecular formula is C15H27NO2S. The normalized spacial score (nSPS) is 33.4. The Labute approximate surface area is 121 Å². The summed E-state index contributed by atoms with van der Waals surface area (Å²) >= 11 is 1.99. The van der Waals surface area contributed by atoms with Crippen molar-refractivity contribution in [1.82, 2.24) is 4.90 Å². The second-order valence-corrected chi connectivity index (χ2v) is 7.77. The second-order valence-electron chi connectivity index (χ2n) is 6.62. The SMILES string of the molecule is CC1(C)CCSCC1N1CCCCCCC1C(=O)O. The standard InChI is InChI=1S/C15H27NO2S/c1-15(2)8-10-19-11-13(15)16-9-6-4-3-5-7-12(16)14(17)18/h12-13H,3-11H2,1-2H3,(H,17,18). The summed E-state index contributed by atoms with van der Waals surface area (Å²) in [5, 5.41) is 9.58. The number of hydrogen-bond donors (Lipinski definition) is 1. The van der Waals surface area contributed by atoms with Crippen LogP contribution in [0.5, 0.6) is 0 Å². The lowest BCUT2D eigenvalue weighted by Gasteiger charge is -2.47. The van der Waals surface area contributed by atoms with Gasteiger partial charge in [-0.3, -0.25) is 9.69 Å². The summed E-state index contributed by atoms with van der Waals surface area (Å²) in [5.41, 5.74) is 0.248. The fourth-order valence-electron chi connectivity index (χ4n) is 3.41. The van der Waals surface area contributed by atoms with Gasteiger partial charge in [0.2, 0.25) is 0 Å². The molecule has 2 aliphatic heterocycles. The zero-order valence-corrected chi connectivity index (χ0v) is 13.0. The molecule has 2 rings (SSSR count). The molecule has 2 fully saturated rings. The number of likely N-dealkylation sites (tertiary alicyclic amines) is 1. The molecule has 0 spiro atoms. The molecule has 0 saturated carbocycles. The van der Waals surface area contributed by atoms with Crippen LogP contribution >= 0.6 is 11.8 Å². The molecule has 0 radical (unpaired) electrons. The van der Waals surface area contributed by atoms with Crippen molar-refractivity contribution in [3.8, 4) is 0 Å². The monoisotopic (exact) mass is 285 g/mol. The molecule has 0 amide bonds. The summed E-state index contributed by atoms with van der Waals surface area (Å²) in [6.45, 7) is 5.59. The molecule has 1 N–H and O–H groups in total. The van der Waals surface area contributed by atoms with Gasteiger partial charge in [0.1, 0.15) is 6.04 Å². The number of nitrogens with zero attached hydrogens (tertiary/aromatic N) is 1. The molecule has 0 bridgehead atoms. The summed E-state index contributed by atoms with van der Waals surface area (Å²) < 4.78 is 0. The minimum absolute atomic E-state index is 0.248. The van der Waals surface area contributed by atoms with Crippen LogP contribution in [-0.4, -0.2) is 46.1 Å². The van der Waals surface area contributed by atoms with Crippen LogP contribution in [0.1, 0.15) is 52.4 Å². The van der Waals surface area contributed by atoms with E-state index < -0.39 is 5.97 Å². The maximum atomic E-state index is 11.6. The number of aliphatic carboxylic acids is 1. The summed E-state index contributed by atoms with van der Waals surface area (Å²) in [7, 11) is 0. The predicted molar refractivity (Wildman–Crippen MR) is 80.7 cm³/mol. The van der Waals surface area contributed by atoms with Crippen molar-refractivity contribution in [2.24, 2.45) is 5.41 Å². The molecular weight excluding hydrogens is 258 g/mol. The summed E-state index contributed by atoms with van der Waals surface area (Å²) in [6.07, 6.45) is 6.69. The lowest BCUT2D eigenvalue weighted by molar-refractivity contribution is -0.146. The van der Waals surface area contributed by atoms with Gasteiger partial charge >= 0.3 is 5.97 Å². The minimum Gasteiger partial charge on any atom is -0.480 e. The van der Waals surface area contributed by atoms with Crippen molar-refractivity contribution in [3.63, 3.8) is 0 Å². The molecule has 2 unspecified atom stereocenters. The van der Waals surface area contributed by atoms with E-state index >= 15 is 0 Å². The highest BCUT2D eigenvalue weighted by atomic mass is 32.2. The largest absolute Gasteiger partial charge is 0.480 e. The van der Waals surface area contributed by atoms with Crippen LogP contribution < -0.4 is 0 Å². The molecule has 2 aliphatic rings. The first-order chi connectivity index (χ1) is 9.02. The first kappa shape index (κ1) is 15.2. The fourth-order valence-corrected chi connectivity index (χ4v) is 5.12. The number of thioether (sulfide) groups is 1. The van der Waals surface area contributed by atoms with Crippen molar-refractivity contribution in [2.45, 2.75) is 64.5 Å². The van der Waals surface area contributed by atoms with Crippen LogP contribution in [0.15, 0.2) is 0 Å². The van der Waals surface area contributed by atoms with Gasteiger partial charge in [-0.15, -0.1) is 0 Å². The van der Waals surface area contributed by atoms with Crippen LogP contribution in [-0.2, 0) is 4.79 Å². The quantitative estimate of drug-likeness (QED) is 0.845. The van der Waals surface area contributed by atoms with Gasteiger partial charge < -0.3 is 5.11 Å². The average molecular weight is 285 g/mol. The van der Waals surface area contributed by atoms with Gasteiger partial charge in [-0.05, 0) is 37.0 Å². The van der Waals surface area contributed by atoms with E-state index in [-0.39, 0.29) is 11.5 Å². The van der Waals surface area contributed by atoms with E-state index in [0.717, 1.165) is 31.6 Å². The molecule has 3 nitrogen and oxygen atoms in total. The van der Waals surface area contributed by atoms with E-state index in [4.69, 9.17) is 0 Å². The maximum absolute atomic E-state index is 11.6. The molecule has 0 aromatic carbocycles. The van der Waals surface area contributed by atoms with Gasteiger partial charge in [-0.2, -0.15) is 11.8 Å². The van der Waals surface area contributed by atoms with Gasteiger partial charge in [0.05, 0.1) is 0 Å². The molecule has 110 valence electrons. The Bertz CT molecular complexity index is 319. The second kappa shape index (κ2) is 6.49. The lowest BCUT2D eigenvalue weighted by atomic mass is 9.80.